The fourth-order valence-electron chi connectivity index (χ4n) is 2.17. The van der Waals surface area contributed by atoms with Crippen molar-refractivity contribution in [1.29, 1.82) is 0 Å². The van der Waals surface area contributed by atoms with E-state index in [9.17, 15) is 0 Å². The average Bonchev–Trinajstić information content (AvgIpc) is 2.39. The number of fused-ring (bicyclic) bond motifs is 1. The lowest BCUT2D eigenvalue weighted by molar-refractivity contribution is 0.589. The molecule has 1 aliphatic rings. The molecule has 4 heteroatoms. The largest absolute Gasteiger partial charge is 0.369 e. The van der Waals surface area contributed by atoms with Gasteiger partial charge in [0.15, 0.2) is 0 Å². The fraction of sp³-hybridized carbons (Fsp3) is 0.308. The van der Waals surface area contributed by atoms with Gasteiger partial charge >= 0.3 is 0 Å². The van der Waals surface area contributed by atoms with Crippen molar-refractivity contribution in [3.05, 3.63) is 36.5 Å². The number of piperazine rings is 1. The van der Waals surface area contributed by atoms with Gasteiger partial charge < -0.3 is 10.2 Å². The average molecular weight is 250 g/mol. The highest BCUT2D eigenvalue weighted by Crippen LogP contribution is 2.20. The van der Waals surface area contributed by atoms with Crippen LogP contribution >= 0.6 is 12.4 Å². The third-order valence-corrected chi connectivity index (χ3v) is 3.07. The lowest BCUT2D eigenvalue weighted by atomic mass is 10.2. The van der Waals surface area contributed by atoms with Crippen LogP contribution in [0.15, 0.2) is 36.5 Å². The Labute approximate surface area is 107 Å². The summed E-state index contributed by atoms with van der Waals surface area (Å²) in [5, 5.41) is 4.57. The molecule has 1 aromatic carbocycles. The number of hydrogen-bond donors (Lipinski definition) is 1. The van der Waals surface area contributed by atoms with Crippen molar-refractivity contribution in [3.8, 4) is 0 Å². The number of aromatic nitrogens is 1. The zero-order valence-corrected chi connectivity index (χ0v) is 10.4. The Morgan fingerprint density at radius 3 is 2.76 bits per heavy atom. The summed E-state index contributed by atoms with van der Waals surface area (Å²) >= 11 is 0. The van der Waals surface area contributed by atoms with Crippen LogP contribution in [0, 0.1) is 0 Å². The molecule has 1 aliphatic heterocycles. The second kappa shape index (κ2) is 5.34. The molecule has 0 spiro atoms. The normalized spacial score (nSPS) is 15.6. The van der Waals surface area contributed by atoms with Crippen molar-refractivity contribution in [2.24, 2.45) is 0 Å². The predicted octanol–water partition coefficient (Wildman–Crippen LogP) is 2.07. The Kier molecular flexibility index (Phi) is 3.82. The van der Waals surface area contributed by atoms with Crippen LogP contribution in [0.5, 0.6) is 0 Å². The molecule has 3 nitrogen and oxygen atoms in total. The van der Waals surface area contributed by atoms with E-state index in [2.05, 4.69) is 39.5 Å². The first-order chi connectivity index (χ1) is 7.93. The molecule has 1 fully saturated rings. The van der Waals surface area contributed by atoms with Gasteiger partial charge in [0.2, 0.25) is 0 Å². The first-order valence-electron chi connectivity index (χ1n) is 5.74. The second-order valence-corrected chi connectivity index (χ2v) is 4.12. The molecule has 90 valence electrons. The standard InChI is InChI=1S/C13H15N3.ClH/c1-2-11-3-4-12(10-13(11)15-5-1)16-8-6-14-7-9-16;/h1-5,10,14H,6-9H2;1H. The van der Waals surface area contributed by atoms with Gasteiger partial charge in [0.05, 0.1) is 5.52 Å². The Morgan fingerprint density at radius 1 is 1.12 bits per heavy atom. The molecule has 3 rings (SSSR count). The Balaban J connectivity index is 0.00000108. The van der Waals surface area contributed by atoms with E-state index in [0.717, 1.165) is 31.7 Å². The first-order valence-corrected chi connectivity index (χ1v) is 5.74. The lowest BCUT2D eigenvalue weighted by Gasteiger charge is -2.29. The van der Waals surface area contributed by atoms with Gasteiger partial charge in [-0.15, -0.1) is 12.4 Å². The molecular weight excluding hydrogens is 234 g/mol. The van der Waals surface area contributed by atoms with Crippen LogP contribution in [0.3, 0.4) is 0 Å². The quantitative estimate of drug-likeness (QED) is 0.839. The van der Waals surface area contributed by atoms with Gasteiger partial charge in [-0.3, -0.25) is 4.98 Å². The van der Waals surface area contributed by atoms with Crippen LogP contribution < -0.4 is 10.2 Å². The maximum absolute atomic E-state index is 4.39. The van der Waals surface area contributed by atoms with E-state index in [0.29, 0.717) is 0 Å². The molecule has 1 aromatic heterocycles. The van der Waals surface area contributed by atoms with E-state index < -0.39 is 0 Å². The summed E-state index contributed by atoms with van der Waals surface area (Å²) in [7, 11) is 0. The third kappa shape index (κ3) is 2.51. The molecule has 0 radical (unpaired) electrons. The number of halogens is 1. The van der Waals surface area contributed by atoms with Crippen LogP contribution in [-0.4, -0.2) is 31.2 Å². The summed E-state index contributed by atoms with van der Waals surface area (Å²) in [4.78, 5) is 6.80. The smallest absolute Gasteiger partial charge is 0.0722 e. The molecule has 2 aromatic rings. The van der Waals surface area contributed by atoms with E-state index in [-0.39, 0.29) is 12.4 Å². The van der Waals surface area contributed by atoms with Gasteiger partial charge in [0.25, 0.3) is 0 Å². The minimum atomic E-state index is 0. The molecule has 0 bridgehead atoms. The zero-order chi connectivity index (χ0) is 10.8. The zero-order valence-electron chi connectivity index (χ0n) is 9.60. The van der Waals surface area contributed by atoms with E-state index in [1.807, 2.05) is 12.3 Å². The topological polar surface area (TPSA) is 28.2 Å². The first kappa shape index (κ1) is 12.1. The summed E-state index contributed by atoms with van der Waals surface area (Å²) in [6, 6.07) is 10.6. The number of rotatable bonds is 1. The van der Waals surface area contributed by atoms with Crippen molar-refractivity contribution >= 4 is 29.0 Å². The Bertz CT molecular complexity index is 495. The van der Waals surface area contributed by atoms with Crippen LogP contribution in [0.1, 0.15) is 0 Å². The van der Waals surface area contributed by atoms with Crippen molar-refractivity contribution in [2.45, 2.75) is 0 Å². The summed E-state index contributed by atoms with van der Waals surface area (Å²) in [5.41, 5.74) is 2.37. The molecule has 0 amide bonds. The van der Waals surface area contributed by atoms with E-state index >= 15 is 0 Å². The number of hydrogen-bond acceptors (Lipinski definition) is 3. The molecule has 2 heterocycles. The minimum Gasteiger partial charge on any atom is -0.369 e. The van der Waals surface area contributed by atoms with Crippen molar-refractivity contribution < 1.29 is 0 Å². The van der Waals surface area contributed by atoms with Crippen LogP contribution in [0.25, 0.3) is 10.9 Å². The highest BCUT2D eigenvalue weighted by molar-refractivity contribution is 5.85. The van der Waals surface area contributed by atoms with Gasteiger partial charge in [0.1, 0.15) is 0 Å². The maximum Gasteiger partial charge on any atom is 0.0722 e. The Morgan fingerprint density at radius 2 is 1.94 bits per heavy atom. The Hall–Kier alpha value is -1.32. The third-order valence-electron chi connectivity index (χ3n) is 3.07. The number of nitrogens with zero attached hydrogens (tertiary/aromatic N) is 2. The number of anilines is 1. The fourth-order valence-corrected chi connectivity index (χ4v) is 2.17. The van der Waals surface area contributed by atoms with Gasteiger partial charge in [-0.1, -0.05) is 12.1 Å². The number of nitrogens with one attached hydrogen (secondary N) is 1. The molecule has 0 unspecified atom stereocenters. The SMILES string of the molecule is Cl.c1cnc2cc(N3CCNCC3)ccc2c1. The molecule has 17 heavy (non-hydrogen) atoms. The van der Waals surface area contributed by atoms with Crippen molar-refractivity contribution in [3.63, 3.8) is 0 Å². The molecule has 1 N–H and O–H groups in total. The van der Waals surface area contributed by atoms with Gasteiger partial charge in [-0.05, 0) is 18.2 Å². The highest BCUT2D eigenvalue weighted by Gasteiger charge is 2.10. The molecule has 0 saturated carbocycles. The molecular formula is C13H16ClN3. The summed E-state index contributed by atoms with van der Waals surface area (Å²) < 4.78 is 0. The van der Waals surface area contributed by atoms with E-state index in [1.54, 1.807) is 0 Å². The predicted molar refractivity (Wildman–Crippen MR) is 74.1 cm³/mol. The number of benzene rings is 1. The van der Waals surface area contributed by atoms with Gasteiger partial charge in [0, 0.05) is 43.4 Å². The van der Waals surface area contributed by atoms with Crippen molar-refractivity contribution in [1.82, 2.24) is 10.3 Å². The monoisotopic (exact) mass is 249 g/mol. The minimum absolute atomic E-state index is 0. The van der Waals surface area contributed by atoms with Crippen LogP contribution in [-0.2, 0) is 0 Å². The van der Waals surface area contributed by atoms with Crippen LogP contribution in [0.2, 0.25) is 0 Å². The summed E-state index contributed by atoms with van der Waals surface area (Å²) in [6.45, 7) is 4.30. The lowest BCUT2D eigenvalue weighted by Crippen LogP contribution is -2.43. The molecule has 0 atom stereocenters. The maximum atomic E-state index is 4.39. The van der Waals surface area contributed by atoms with Crippen molar-refractivity contribution in [2.75, 3.05) is 31.1 Å². The second-order valence-electron chi connectivity index (χ2n) is 4.12. The van der Waals surface area contributed by atoms with Gasteiger partial charge in [-0.2, -0.15) is 0 Å². The highest BCUT2D eigenvalue weighted by atomic mass is 35.5. The molecule has 0 aliphatic carbocycles. The van der Waals surface area contributed by atoms with E-state index in [1.165, 1.54) is 11.1 Å². The van der Waals surface area contributed by atoms with Gasteiger partial charge in [-0.25, -0.2) is 0 Å². The molecule has 1 saturated heterocycles. The van der Waals surface area contributed by atoms with Crippen LogP contribution in [0.4, 0.5) is 5.69 Å². The summed E-state index contributed by atoms with van der Waals surface area (Å²) in [6.07, 6.45) is 1.85. The summed E-state index contributed by atoms with van der Waals surface area (Å²) in [5.74, 6) is 0. The number of pyridine rings is 1. The van der Waals surface area contributed by atoms with E-state index in [4.69, 9.17) is 0 Å².